The van der Waals surface area contributed by atoms with E-state index in [4.69, 9.17) is 16.3 Å². The van der Waals surface area contributed by atoms with Crippen LogP contribution in [-0.4, -0.2) is 18.6 Å². The molecule has 1 aromatic carbocycles. The van der Waals surface area contributed by atoms with Crippen LogP contribution in [0.25, 0.3) is 0 Å². The molecule has 0 aliphatic rings. The zero-order chi connectivity index (χ0) is 11.3. The molecule has 1 aromatic rings. The Morgan fingerprint density at radius 2 is 1.87 bits per heavy atom. The quantitative estimate of drug-likeness (QED) is 0.576. The van der Waals surface area contributed by atoms with E-state index in [9.17, 15) is 0 Å². The lowest BCUT2D eigenvalue weighted by Gasteiger charge is -2.12. The standard InChI is InChI=1S/C12H17ClOS/c1-9-6-11(8-13)7-10(2)12(9)14-4-5-15-3/h6-7H,4-5,8H2,1-3H3. The highest BCUT2D eigenvalue weighted by atomic mass is 35.5. The SMILES string of the molecule is CSCCOc1c(C)cc(CCl)cc1C. The second-order valence-electron chi connectivity index (χ2n) is 3.53. The van der Waals surface area contributed by atoms with E-state index in [-0.39, 0.29) is 0 Å². The molecule has 3 heteroatoms. The van der Waals surface area contributed by atoms with Gasteiger partial charge in [0.1, 0.15) is 5.75 Å². The first-order valence-corrected chi connectivity index (χ1v) is 6.89. The van der Waals surface area contributed by atoms with Gasteiger partial charge in [-0.2, -0.15) is 11.8 Å². The van der Waals surface area contributed by atoms with Gasteiger partial charge in [0.2, 0.25) is 0 Å². The van der Waals surface area contributed by atoms with Crippen molar-refractivity contribution in [3.05, 3.63) is 28.8 Å². The van der Waals surface area contributed by atoms with E-state index in [2.05, 4.69) is 32.2 Å². The Morgan fingerprint density at radius 1 is 1.27 bits per heavy atom. The number of rotatable bonds is 5. The predicted molar refractivity (Wildman–Crippen MR) is 69.4 cm³/mol. The molecule has 0 heterocycles. The third kappa shape index (κ3) is 3.62. The van der Waals surface area contributed by atoms with Crippen LogP contribution in [0.4, 0.5) is 0 Å². The highest BCUT2D eigenvalue weighted by molar-refractivity contribution is 7.98. The smallest absolute Gasteiger partial charge is 0.125 e. The second kappa shape index (κ2) is 6.29. The molecule has 0 spiro atoms. The number of ether oxygens (including phenoxy) is 1. The summed E-state index contributed by atoms with van der Waals surface area (Å²) in [7, 11) is 0. The summed E-state index contributed by atoms with van der Waals surface area (Å²) < 4.78 is 5.74. The lowest BCUT2D eigenvalue weighted by Crippen LogP contribution is -2.03. The third-order valence-corrected chi connectivity index (χ3v) is 3.09. The molecule has 0 aliphatic heterocycles. The van der Waals surface area contributed by atoms with Crippen molar-refractivity contribution in [2.24, 2.45) is 0 Å². The van der Waals surface area contributed by atoms with Gasteiger partial charge in [-0.15, -0.1) is 11.6 Å². The van der Waals surface area contributed by atoms with Crippen molar-refractivity contribution in [3.8, 4) is 5.75 Å². The molecule has 0 saturated heterocycles. The van der Waals surface area contributed by atoms with E-state index in [0.717, 1.165) is 23.7 Å². The normalized spacial score (nSPS) is 10.4. The zero-order valence-corrected chi connectivity index (χ0v) is 11.0. The fourth-order valence-corrected chi connectivity index (χ4v) is 1.98. The zero-order valence-electron chi connectivity index (χ0n) is 9.47. The highest BCUT2D eigenvalue weighted by Crippen LogP contribution is 2.25. The first-order chi connectivity index (χ1) is 7.19. The topological polar surface area (TPSA) is 9.23 Å². The fraction of sp³-hybridized carbons (Fsp3) is 0.500. The van der Waals surface area contributed by atoms with Crippen molar-refractivity contribution in [1.29, 1.82) is 0 Å². The minimum Gasteiger partial charge on any atom is -0.492 e. The van der Waals surface area contributed by atoms with Crippen LogP contribution in [0.1, 0.15) is 16.7 Å². The van der Waals surface area contributed by atoms with Crippen LogP contribution >= 0.6 is 23.4 Å². The van der Waals surface area contributed by atoms with Gasteiger partial charge in [0, 0.05) is 11.6 Å². The molecule has 0 aromatic heterocycles. The van der Waals surface area contributed by atoms with Gasteiger partial charge in [0.15, 0.2) is 0 Å². The molecule has 0 saturated carbocycles. The number of thioether (sulfide) groups is 1. The van der Waals surface area contributed by atoms with Gasteiger partial charge in [-0.3, -0.25) is 0 Å². The molecular weight excluding hydrogens is 228 g/mol. The summed E-state index contributed by atoms with van der Waals surface area (Å²) in [6.45, 7) is 4.90. The maximum absolute atomic E-state index is 5.81. The average Bonchev–Trinajstić information content (AvgIpc) is 2.22. The van der Waals surface area contributed by atoms with Crippen LogP contribution in [0.2, 0.25) is 0 Å². The van der Waals surface area contributed by atoms with Gasteiger partial charge in [0.05, 0.1) is 6.61 Å². The van der Waals surface area contributed by atoms with E-state index in [1.54, 1.807) is 11.8 Å². The number of halogens is 1. The summed E-state index contributed by atoms with van der Waals surface area (Å²) in [5, 5.41) is 0. The van der Waals surface area contributed by atoms with Crippen molar-refractivity contribution in [2.45, 2.75) is 19.7 Å². The molecule has 84 valence electrons. The van der Waals surface area contributed by atoms with E-state index in [1.165, 1.54) is 11.1 Å². The van der Waals surface area contributed by atoms with Gasteiger partial charge in [-0.25, -0.2) is 0 Å². The van der Waals surface area contributed by atoms with Crippen LogP contribution in [0.15, 0.2) is 12.1 Å². The van der Waals surface area contributed by atoms with Crippen molar-refractivity contribution in [2.75, 3.05) is 18.6 Å². The minimum absolute atomic E-state index is 0.562. The minimum atomic E-state index is 0.562. The summed E-state index contributed by atoms with van der Waals surface area (Å²) in [5.41, 5.74) is 3.50. The lowest BCUT2D eigenvalue weighted by molar-refractivity contribution is 0.339. The fourth-order valence-electron chi connectivity index (χ4n) is 1.57. The Balaban J connectivity index is 2.79. The molecule has 0 radical (unpaired) electrons. The molecule has 0 unspecified atom stereocenters. The highest BCUT2D eigenvalue weighted by Gasteiger charge is 2.05. The molecule has 1 rings (SSSR count). The van der Waals surface area contributed by atoms with E-state index in [0.29, 0.717) is 5.88 Å². The molecule has 0 aliphatic carbocycles. The molecule has 0 amide bonds. The summed E-state index contributed by atoms with van der Waals surface area (Å²) in [6, 6.07) is 4.18. The largest absolute Gasteiger partial charge is 0.492 e. The van der Waals surface area contributed by atoms with Crippen LogP contribution in [0.3, 0.4) is 0 Å². The maximum Gasteiger partial charge on any atom is 0.125 e. The van der Waals surface area contributed by atoms with E-state index < -0.39 is 0 Å². The molecule has 0 bridgehead atoms. The van der Waals surface area contributed by atoms with Crippen LogP contribution < -0.4 is 4.74 Å². The third-order valence-electron chi connectivity index (χ3n) is 2.21. The van der Waals surface area contributed by atoms with Crippen molar-refractivity contribution < 1.29 is 4.74 Å². The number of aryl methyl sites for hydroxylation is 2. The van der Waals surface area contributed by atoms with E-state index in [1.807, 2.05) is 0 Å². The van der Waals surface area contributed by atoms with Crippen LogP contribution in [0, 0.1) is 13.8 Å². The summed E-state index contributed by atoms with van der Waals surface area (Å²) in [5.74, 6) is 2.60. The predicted octanol–water partition coefficient (Wildman–Crippen LogP) is 3.78. The maximum atomic E-state index is 5.81. The molecule has 15 heavy (non-hydrogen) atoms. The van der Waals surface area contributed by atoms with Crippen LogP contribution in [-0.2, 0) is 5.88 Å². The molecule has 0 fully saturated rings. The Bertz CT molecular complexity index is 302. The van der Waals surface area contributed by atoms with Crippen LogP contribution in [0.5, 0.6) is 5.75 Å². The number of hydrogen-bond acceptors (Lipinski definition) is 2. The number of alkyl halides is 1. The van der Waals surface area contributed by atoms with Gasteiger partial charge in [0.25, 0.3) is 0 Å². The lowest BCUT2D eigenvalue weighted by atomic mass is 10.1. The molecular formula is C12H17ClOS. The monoisotopic (exact) mass is 244 g/mol. The first-order valence-electron chi connectivity index (χ1n) is 4.97. The van der Waals surface area contributed by atoms with Gasteiger partial charge in [-0.05, 0) is 36.8 Å². The van der Waals surface area contributed by atoms with Gasteiger partial charge >= 0.3 is 0 Å². The summed E-state index contributed by atoms with van der Waals surface area (Å²) in [4.78, 5) is 0. The molecule has 0 N–H and O–H groups in total. The van der Waals surface area contributed by atoms with Gasteiger partial charge in [-0.1, -0.05) is 12.1 Å². The molecule has 1 nitrogen and oxygen atoms in total. The summed E-state index contributed by atoms with van der Waals surface area (Å²) in [6.07, 6.45) is 2.08. The Kier molecular flexibility index (Phi) is 5.34. The van der Waals surface area contributed by atoms with Gasteiger partial charge < -0.3 is 4.74 Å². The second-order valence-corrected chi connectivity index (χ2v) is 4.79. The van der Waals surface area contributed by atoms with Crippen molar-refractivity contribution in [1.82, 2.24) is 0 Å². The van der Waals surface area contributed by atoms with Crippen molar-refractivity contribution in [3.63, 3.8) is 0 Å². The Morgan fingerprint density at radius 3 is 2.33 bits per heavy atom. The first kappa shape index (κ1) is 12.7. The Labute approximate surface area is 101 Å². The summed E-state index contributed by atoms with van der Waals surface area (Å²) >= 11 is 7.60. The van der Waals surface area contributed by atoms with E-state index >= 15 is 0 Å². The molecule has 0 atom stereocenters. The Hall–Kier alpha value is -0.340. The average molecular weight is 245 g/mol. The van der Waals surface area contributed by atoms with Crippen molar-refractivity contribution >= 4 is 23.4 Å². The number of benzene rings is 1. The number of hydrogen-bond donors (Lipinski definition) is 0.